The molecule has 0 heterocycles. The summed E-state index contributed by atoms with van der Waals surface area (Å²) in [6.45, 7) is 4.25. The number of carbonyl (C=O) groups excluding carboxylic acids is 3. The molecule has 0 saturated heterocycles. The van der Waals surface area contributed by atoms with Gasteiger partial charge in [-0.05, 0) is 36.1 Å². The Morgan fingerprint density at radius 2 is 1.39 bits per heavy atom. The fourth-order valence-electron chi connectivity index (χ4n) is 3.05. The number of amides is 1. The summed E-state index contributed by atoms with van der Waals surface area (Å²) in [4.78, 5) is 34.5. The maximum Gasteiger partial charge on any atom is 0.302 e. The zero-order chi connectivity index (χ0) is 22.7. The number of benzene rings is 2. The first-order valence-corrected chi connectivity index (χ1v) is 10.1. The van der Waals surface area contributed by atoms with Crippen molar-refractivity contribution in [2.75, 3.05) is 13.2 Å². The van der Waals surface area contributed by atoms with Gasteiger partial charge in [-0.25, -0.2) is 0 Å². The van der Waals surface area contributed by atoms with E-state index in [2.05, 4.69) is 5.32 Å². The van der Waals surface area contributed by atoms with Crippen molar-refractivity contribution in [2.45, 2.75) is 45.8 Å². The zero-order valence-corrected chi connectivity index (χ0v) is 18.2. The lowest BCUT2D eigenvalue weighted by Crippen LogP contribution is -2.55. The van der Waals surface area contributed by atoms with Crippen molar-refractivity contribution in [3.63, 3.8) is 0 Å². The van der Waals surface area contributed by atoms with Crippen LogP contribution in [0.2, 0.25) is 0 Å². The van der Waals surface area contributed by atoms with Crippen LogP contribution in [0.5, 0.6) is 5.75 Å². The van der Waals surface area contributed by atoms with E-state index in [4.69, 9.17) is 14.2 Å². The average Bonchev–Trinajstić information content (AvgIpc) is 2.74. The standard InChI is InChI=1S/C24H29NO6/c1-18(26)25-24(16-30-19(2)27,17-31-20(3)28)14-13-21-9-11-23(12-10-21)29-15-22-7-5-4-6-8-22/h4-12H,13-17H2,1-3H3,(H,25,26). The number of ether oxygens (including phenoxy) is 3. The number of aryl methyl sites for hydroxylation is 1. The molecule has 7 nitrogen and oxygen atoms in total. The molecule has 31 heavy (non-hydrogen) atoms. The minimum absolute atomic E-state index is 0.0898. The maximum absolute atomic E-state index is 11.8. The Kier molecular flexibility index (Phi) is 9.06. The van der Waals surface area contributed by atoms with E-state index in [1.54, 1.807) is 0 Å². The van der Waals surface area contributed by atoms with Gasteiger partial charge in [-0.15, -0.1) is 0 Å². The molecule has 0 spiro atoms. The van der Waals surface area contributed by atoms with E-state index in [0.717, 1.165) is 16.9 Å². The lowest BCUT2D eigenvalue weighted by molar-refractivity contribution is -0.150. The van der Waals surface area contributed by atoms with Gasteiger partial charge in [0.05, 0.1) is 0 Å². The highest BCUT2D eigenvalue weighted by molar-refractivity contribution is 5.74. The molecule has 0 fully saturated rings. The van der Waals surface area contributed by atoms with Crippen molar-refractivity contribution in [3.05, 3.63) is 65.7 Å². The molecule has 0 unspecified atom stereocenters. The summed E-state index contributed by atoms with van der Waals surface area (Å²) in [5.74, 6) is -0.501. The Morgan fingerprint density at radius 3 is 1.90 bits per heavy atom. The Labute approximate surface area is 182 Å². The van der Waals surface area contributed by atoms with E-state index >= 15 is 0 Å². The van der Waals surface area contributed by atoms with Crippen LogP contribution in [0.1, 0.15) is 38.3 Å². The molecular weight excluding hydrogens is 398 g/mol. The molecule has 2 rings (SSSR count). The van der Waals surface area contributed by atoms with E-state index in [9.17, 15) is 14.4 Å². The summed E-state index contributed by atoms with van der Waals surface area (Å²) < 4.78 is 16.1. The minimum atomic E-state index is -1.01. The number of nitrogens with one attached hydrogen (secondary N) is 1. The molecule has 0 aliphatic heterocycles. The van der Waals surface area contributed by atoms with Crippen LogP contribution in [-0.2, 0) is 36.9 Å². The van der Waals surface area contributed by atoms with Crippen molar-refractivity contribution < 1.29 is 28.6 Å². The summed E-state index contributed by atoms with van der Waals surface area (Å²) in [5, 5.41) is 2.81. The SMILES string of the molecule is CC(=O)NC(CCc1ccc(OCc2ccccc2)cc1)(COC(C)=O)COC(C)=O. The normalized spacial score (nSPS) is 10.8. The van der Waals surface area contributed by atoms with Crippen molar-refractivity contribution in [1.82, 2.24) is 5.32 Å². The van der Waals surface area contributed by atoms with Crippen molar-refractivity contribution >= 4 is 17.8 Å². The van der Waals surface area contributed by atoms with Crippen LogP contribution in [-0.4, -0.2) is 36.6 Å². The summed E-state index contributed by atoms with van der Waals surface area (Å²) >= 11 is 0. The smallest absolute Gasteiger partial charge is 0.302 e. The van der Waals surface area contributed by atoms with Crippen LogP contribution in [0.15, 0.2) is 54.6 Å². The molecule has 2 aromatic rings. The van der Waals surface area contributed by atoms with Crippen LogP contribution in [0.3, 0.4) is 0 Å². The molecule has 0 aromatic heterocycles. The summed E-state index contributed by atoms with van der Waals surface area (Å²) in [6, 6.07) is 17.6. The Hall–Kier alpha value is -3.35. The fourth-order valence-corrected chi connectivity index (χ4v) is 3.05. The van der Waals surface area contributed by atoms with Gasteiger partial charge in [-0.3, -0.25) is 14.4 Å². The molecule has 0 radical (unpaired) electrons. The number of hydrogen-bond acceptors (Lipinski definition) is 6. The number of rotatable bonds is 11. The van der Waals surface area contributed by atoms with Crippen molar-refractivity contribution in [3.8, 4) is 5.75 Å². The first kappa shape index (κ1) is 23.9. The predicted octanol–water partition coefficient (Wildman–Crippen LogP) is 3.20. The molecule has 166 valence electrons. The van der Waals surface area contributed by atoms with Gasteiger partial charge in [0.1, 0.15) is 31.1 Å². The van der Waals surface area contributed by atoms with Crippen LogP contribution < -0.4 is 10.1 Å². The Bertz CT molecular complexity index is 845. The van der Waals surface area contributed by atoms with Gasteiger partial charge < -0.3 is 19.5 Å². The van der Waals surface area contributed by atoms with E-state index in [1.807, 2.05) is 54.6 Å². The van der Waals surface area contributed by atoms with Gasteiger partial charge in [0.2, 0.25) is 5.91 Å². The Balaban J connectivity index is 2.03. The summed E-state index contributed by atoms with van der Waals surface area (Å²) in [5.41, 5.74) is 1.08. The molecule has 2 aromatic carbocycles. The van der Waals surface area contributed by atoms with Crippen LogP contribution in [0.4, 0.5) is 0 Å². The predicted molar refractivity (Wildman–Crippen MR) is 115 cm³/mol. The molecule has 0 bridgehead atoms. The number of esters is 2. The quantitative estimate of drug-likeness (QED) is 0.554. The molecule has 0 aliphatic carbocycles. The molecule has 1 amide bonds. The first-order valence-electron chi connectivity index (χ1n) is 10.1. The lowest BCUT2D eigenvalue weighted by atomic mass is 9.92. The highest BCUT2D eigenvalue weighted by Crippen LogP contribution is 2.20. The second-order valence-electron chi connectivity index (χ2n) is 7.44. The average molecular weight is 427 g/mol. The minimum Gasteiger partial charge on any atom is -0.489 e. The van der Waals surface area contributed by atoms with E-state index < -0.39 is 17.5 Å². The molecule has 7 heteroatoms. The number of hydrogen-bond donors (Lipinski definition) is 1. The largest absolute Gasteiger partial charge is 0.489 e. The second kappa shape index (κ2) is 11.7. The molecule has 0 saturated carbocycles. The third kappa shape index (κ3) is 8.90. The highest BCUT2D eigenvalue weighted by atomic mass is 16.5. The zero-order valence-electron chi connectivity index (χ0n) is 18.2. The van der Waals surface area contributed by atoms with Gasteiger partial charge in [-0.1, -0.05) is 42.5 Å². The third-order valence-corrected chi connectivity index (χ3v) is 4.61. The van der Waals surface area contributed by atoms with E-state index in [0.29, 0.717) is 19.4 Å². The highest BCUT2D eigenvalue weighted by Gasteiger charge is 2.34. The monoisotopic (exact) mass is 427 g/mol. The van der Waals surface area contributed by atoms with Crippen molar-refractivity contribution in [1.29, 1.82) is 0 Å². The van der Waals surface area contributed by atoms with Crippen molar-refractivity contribution in [2.24, 2.45) is 0 Å². The van der Waals surface area contributed by atoms with Gasteiger partial charge in [0.25, 0.3) is 0 Å². The fraction of sp³-hybridized carbons (Fsp3) is 0.375. The van der Waals surface area contributed by atoms with E-state index in [1.165, 1.54) is 20.8 Å². The topological polar surface area (TPSA) is 90.9 Å². The van der Waals surface area contributed by atoms with Crippen LogP contribution >= 0.6 is 0 Å². The van der Waals surface area contributed by atoms with Gasteiger partial charge in [0.15, 0.2) is 0 Å². The molecule has 0 aliphatic rings. The summed E-state index contributed by atoms with van der Waals surface area (Å²) in [7, 11) is 0. The third-order valence-electron chi connectivity index (χ3n) is 4.61. The summed E-state index contributed by atoms with van der Waals surface area (Å²) in [6.07, 6.45) is 0.985. The number of carbonyl (C=O) groups is 3. The second-order valence-corrected chi connectivity index (χ2v) is 7.44. The molecular formula is C24H29NO6. The van der Waals surface area contributed by atoms with Crippen LogP contribution in [0.25, 0.3) is 0 Å². The van der Waals surface area contributed by atoms with Gasteiger partial charge >= 0.3 is 11.9 Å². The van der Waals surface area contributed by atoms with Gasteiger partial charge in [0, 0.05) is 20.8 Å². The molecule has 0 atom stereocenters. The molecule has 1 N–H and O–H groups in total. The maximum atomic E-state index is 11.8. The lowest BCUT2D eigenvalue weighted by Gasteiger charge is -2.33. The first-order chi connectivity index (χ1) is 14.8. The van der Waals surface area contributed by atoms with Gasteiger partial charge in [-0.2, -0.15) is 0 Å². The Morgan fingerprint density at radius 1 is 0.806 bits per heavy atom. The van der Waals surface area contributed by atoms with Crippen LogP contribution in [0, 0.1) is 0 Å². The van der Waals surface area contributed by atoms with E-state index in [-0.39, 0.29) is 19.1 Å².